The zero-order valence-electron chi connectivity index (χ0n) is 12.8. The summed E-state index contributed by atoms with van der Waals surface area (Å²) in [5.41, 5.74) is 1.36. The second-order valence-corrected chi connectivity index (χ2v) is 5.39. The molecule has 0 unspecified atom stereocenters. The molecule has 0 amide bonds. The predicted octanol–water partition coefficient (Wildman–Crippen LogP) is 2.50. The molecule has 2 atom stereocenters. The molecule has 6 nitrogen and oxygen atoms in total. The van der Waals surface area contributed by atoms with Crippen molar-refractivity contribution in [3.8, 4) is 28.7 Å². The molecule has 0 saturated carbocycles. The van der Waals surface area contributed by atoms with Crippen LogP contribution in [-0.4, -0.2) is 35.6 Å². The van der Waals surface area contributed by atoms with E-state index in [2.05, 4.69) is 0 Å². The number of phenolic OH excluding ortho intramolecular Hbond substituents is 3. The highest BCUT2D eigenvalue weighted by molar-refractivity contribution is 5.52. The second-order valence-electron chi connectivity index (χ2n) is 5.39. The van der Waals surface area contributed by atoms with Crippen LogP contribution in [0, 0.1) is 0 Å². The first-order chi connectivity index (χ1) is 11.0. The molecule has 6 heteroatoms. The van der Waals surface area contributed by atoms with E-state index in [1.165, 1.54) is 25.3 Å². The van der Waals surface area contributed by atoms with Gasteiger partial charge in [0.25, 0.3) is 0 Å². The quantitative estimate of drug-likeness (QED) is 0.806. The van der Waals surface area contributed by atoms with Gasteiger partial charge in [0.1, 0.15) is 23.4 Å². The van der Waals surface area contributed by atoms with Crippen LogP contribution in [0.5, 0.6) is 28.7 Å². The third-order valence-corrected chi connectivity index (χ3v) is 4.00. The van der Waals surface area contributed by atoms with E-state index in [-0.39, 0.29) is 23.4 Å². The van der Waals surface area contributed by atoms with Crippen LogP contribution < -0.4 is 9.47 Å². The smallest absolute Gasteiger partial charge is 0.160 e. The molecule has 2 aromatic rings. The van der Waals surface area contributed by atoms with Crippen LogP contribution >= 0.6 is 0 Å². The van der Waals surface area contributed by atoms with Crippen molar-refractivity contribution in [1.82, 2.24) is 0 Å². The number of phenols is 3. The van der Waals surface area contributed by atoms with E-state index in [9.17, 15) is 15.3 Å². The monoisotopic (exact) mass is 318 g/mol. The molecular formula is C17H18O6. The third kappa shape index (κ3) is 2.73. The summed E-state index contributed by atoms with van der Waals surface area (Å²) in [6.45, 7) is 0. The summed E-state index contributed by atoms with van der Waals surface area (Å²) in [7, 11) is 3.04. The number of methoxy groups -OCH3 is 2. The number of hydrogen-bond acceptors (Lipinski definition) is 6. The van der Waals surface area contributed by atoms with Crippen molar-refractivity contribution < 1.29 is 29.5 Å². The van der Waals surface area contributed by atoms with Crippen molar-refractivity contribution in [3.05, 3.63) is 41.5 Å². The van der Waals surface area contributed by atoms with E-state index < -0.39 is 6.10 Å². The van der Waals surface area contributed by atoms with Gasteiger partial charge in [-0.1, -0.05) is 6.07 Å². The Hall–Kier alpha value is -2.60. The normalized spacial score (nSPS) is 19.7. The van der Waals surface area contributed by atoms with Gasteiger partial charge in [-0.2, -0.15) is 0 Å². The maximum Gasteiger partial charge on any atom is 0.160 e. The standard InChI is InChI=1S/C17H18O6/c1-21-15-5-9(3-4-12(15)19)17-16(22-2)8-11-13(20)6-10(18)7-14(11)23-17/h3-7,16-20H,8H2,1-2H3/t16-,17-/m1/s1. The Balaban J connectivity index is 2.02. The number of benzene rings is 2. The van der Waals surface area contributed by atoms with Crippen LogP contribution in [0.3, 0.4) is 0 Å². The number of ether oxygens (including phenoxy) is 3. The molecule has 2 aromatic carbocycles. The third-order valence-electron chi connectivity index (χ3n) is 4.00. The molecule has 1 heterocycles. The van der Waals surface area contributed by atoms with Crippen molar-refractivity contribution in [2.75, 3.05) is 14.2 Å². The lowest BCUT2D eigenvalue weighted by Gasteiger charge is -2.33. The SMILES string of the molecule is COc1cc([C@H]2Oc3cc(O)cc(O)c3C[C@H]2OC)ccc1O. The summed E-state index contributed by atoms with van der Waals surface area (Å²) in [5.74, 6) is 0.693. The lowest BCUT2D eigenvalue weighted by Crippen LogP contribution is -2.32. The molecule has 0 saturated heterocycles. The number of rotatable bonds is 3. The average Bonchev–Trinajstić information content (AvgIpc) is 2.54. The number of fused-ring (bicyclic) bond motifs is 1. The molecule has 0 spiro atoms. The molecule has 0 aliphatic carbocycles. The Morgan fingerprint density at radius 3 is 2.52 bits per heavy atom. The highest BCUT2D eigenvalue weighted by Crippen LogP contribution is 2.43. The molecular weight excluding hydrogens is 300 g/mol. The molecule has 1 aliphatic heterocycles. The summed E-state index contributed by atoms with van der Waals surface area (Å²) in [6, 6.07) is 7.67. The van der Waals surface area contributed by atoms with Gasteiger partial charge in [0.2, 0.25) is 0 Å². The van der Waals surface area contributed by atoms with Gasteiger partial charge in [0.15, 0.2) is 17.6 Å². The molecule has 0 bridgehead atoms. The van der Waals surface area contributed by atoms with Crippen LogP contribution in [-0.2, 0) is 11.2 Å². The van der Waals surface area contributed by atoms with Gasteiger partial charge in [-0.25, -0.2) is 0 Å². The lowest BCUT2D eigenvalue weighted by atomic mass is 9.93. The van der Waals surface area contributed by atoms with Gasteiger partial charge in [0.05, 0.1) is 7.11 Å². The summed E-state index contributed by atoms with van der Waals surface area (Å²) < 4.78 is 16.6. The predicted molar refractivity (Wildman–Crippen MR) is 82.3 cm³/mol. The Bertz CT molecular complexity index is 727. The van der Waals surface area contributed by atoms with Crippen molar-refractivity contribution in [2.24, 2.45) is 0 Å². The maximum absolute atomic E-state index is 9.98. The largest absolute Gasteiger partial charge is 0.508 e. The topological polar surface area (TPSA) is 88.4 Å². The summed E-state index contributed by atoms with van der Waals surface area (Å²) in [4.78, 5) is 0. The van der Waals surface area contributed by atoms with E-state index in [0.29, 0.717) is 23.5 Å². The fourth-order valence-electron chi connectivity index (χ4n) is 2.81. The Morgan fingerprint density at radius 1 is 1.04 bits per heavy atom. The van der Waals surface area contributed by atoms with Crippen LogP contribution in [0.25, 0.3) is 0 Å². The van der Waals surface area contributed by atoms with Crippen molar-refractivity contribution in [3.63, 3.8) is 0 Å². The minimum atomic E-state index is -0.455. The van der Waals surface area contributed by atoms with Gasteiger partial charge >= 0.3 is 0 Å². The van der Waals surface area contributed by atoms with E-state index >= 15 is 0 Å². The lowest BCUT2D eigenvalue weighted by molar-refractivity contribution is -0.0122. The molecule has 1 aliphatic rings. The first-order valence-electron chi connectivity index (χ1n) is 7.14. The fourth-order valence-corrected chi connectivity index (χ4v) is 2.81. The minimum Gasteiger partial charge on any atom is -0.508 e. The van der Waals surface area contributed by atoms with Gasteiger partial charge in [-0.05, 0) is 17.7 Å². The minimum absolute atomic E-state index is 0.0243. The zero-order valence-corrected chi connectivity index (χ0v) is 12.8. The molecule has 3 N–H and O–H groups in total. The van der Waals surface area contributed by atoms with Gasteiger partial charge in [-0.3, -0.25) is 0 Å². The van der Waals surface area contributed by atoms with Gasteiger partial charge in [-0.15, -0.1) is 0 Å². The first-order valence-corrected chi connectivity index (χ1v) is 7.14. The van der Waals surface area contributed by atoms with Gasteiger partial charge < -0.3 is 29.5 Å². The number of aromatic hydroxyl groups is 3. The summed E-state index contributed by atoms with van der Waals surface area (Å²) >= 11 is 0. The Morgan fingerprint density at radius 2 is 1.83 bits per heavy atom. The zero-order chi connectivity index (χ0) is 16.6. The molecule has 0 radical (unpaired) electrons. The summed E-state index contributed by atoms with van der Waals surface area (Å²) in [5, 5.41) is 29.3. The van der Waals surface area contributed by atoms with E-state index in [4.69, 9.17) is 14.2 Å². The van der Waals surface area contributed by atoms with Gasteiger partial charge in [0, 0.05) is 31.2 Å². The van der Waals surface area contributed by atoms with E-state index in [1.54, 1.807) is 19.2 Å². The fraction of sp³-hybridized carbons (Fsp3) is 0.294. The molecule has 0 fully saturated rings. The van der Waals surface area contributed by atoms with E-state index in [1.807, 2.05) is 0 Å². The van der Waals surface area contributed by atoms with Crippen LogP contribution in [0.15, 0.2) is 30.3 Å². The van der Waals surface area contributed by atoms with Crippen LogP contribution in [0.4, 0.5) is 0 Å². The highest BCUT2D eigenvalue weighted by Gasteiger charge is 2.33. The Labute approximate surface area is 133 Å². The Kier molecular flexibility index (Phi) is 3.92. The van der Waals surface area contributed by atoms with E-state index in [0.717, 1.165) is 5.56 Å². The maximum atomic E-state index is 9.98. The molecule has 0 aromatic heterocycles. The molecule has 23 heavy (non-hydrogen) atoms. The van der Waals surface area contributed by atoms with Crippen molar-refractivity contribution >= 4 is 0 Å². The molecule has 122 valence electrons. The number of hydrogen-bond donors (Lipinski definition) is 3. The van der Waals surface area contributed by atoms with Crippen LogP contribution in [0.1, 0.15) is 17.2 Å². The van der Waals surface area contributed by atoms with Crippen molar-refractivity contribution in [1.29, 1.82) is 0 Å². The van der Waals surface area contributed by atoms with Crippen LogP contribution in [0.2, 0.25) is 0 Å². The second kappa shape index (κ2) is 5.89. The highest BCUT2D eigenvalue weighted by atomic mass is 16.5. The first kappa shape index (κ1) is 15.3. The molecule has 3 rings (SSSR count). The van der Waals surface area contributed by atoms with Crippen molar-refractivity contribution in [2.45, 2.75) is 18.6 Å². The average molecular weight is 318 g/mol. The summed E-state index contributed by atoms with van der Waals surface area (Å²) in [6.07, 6.45) is -0.346.